The number of benzene rings is 1. The smallest absolute Gasteiger partial charge is 0.137 e. The topological polar surface area (TPSA) is 29.9 Å². The summed E-state index contributed by atoms with van der Waals surface area (Å²) in [6.45, 7) is 6.96. The highest BCUT2D eigenvalue weighted by molar-refractivity contribution is 9.10. The summed E-state index contributed by atoms with van der Waals surface area (Å²) in [5, 5.41) is 7.82. The Kier molecular flexibility index (Phi) is 5.57. The summed E-state index contributed by atoms with van der Waals surface area (Å²) in [5.41, 5.74) is 1.88. The maximum atomic E-state index is 13.9. The first kappa shape index (κ1) is 16.6. The molecule has 114 valence electrons. The molecule has 6 heteroatoms. The van der Waals surface area contributed by atoms with Crippen molar-refractivity contribution < 1.29 is 4.39 Å². The Labute approximate surface area is 141 Å². The molecule has 0 fully saturated rings. The van der Waals surface area contributed by atoms with Crippen LogP contribution in [0.4, 0.5) is 4.39 Å². The summed E-state index contributed by atoms with van der Waals surface area (Å²) in [6, 6.07) is 5.33. The summed E-state index contributed by atoms with van der Waals surface area (Å²) >= 11 is 6.76. The molecule has 1 atom stereocenters. The highest BCUT2D eigenvalue weighted by Crippen LogP contribution is 2.31. The summed E-state index contributed by atoms with van der Waals surface area (Å²) in [4.78, 5) is 0. The lowest BCUT2D eigenvalue weighted by Gasteiger charge is -2.22. The number of nitrogens with one attached hydrogen (secondary N) is 1. The molecule has 0 aliphatic carbocycles. The summed E-state index contributed by atoms with van der Waals surface area (Å²) < 4.78 is 17.2. The van der Waals surface area contributed by atoms with Gasteiger partial charge in [0, 0.05) is 6.04 Å². The molecule has 0 amide bonds. The van der Waals surface area contributed by atoms with E-state index in [1.165, 1.54) is 0 Å². The van der Waals surface area contributed by atoms with Crippen LogP contribution in [0.25, 0.3) is 0 Å². The predicted molar refractivity (Wildman–Crippen MR) is 89.9 cm³/mol. The third kappa shape index (κ3) is 3.55. The first-order valence-corrected chi connectivity index (χ1v) is 8.45. The zero-order chi connectivity index (χ0) is 15.6. The van der Waals surface area contributed by atoms with Crippen molar-refractivity contribution in [2.75, 3.05) is 6.54 Å². The second kappa shape index (κ2) is 7.03. The van der Waals surface area contributed by atoms with Crippen molar-refractivity contribution in [3.63, 3.8) is 0 Å². The molecule has 1 unspecified atom stereocenters. The summed E-state index contributed by atoms with van der Waals surface area (Å²) in [7, 11) is 0. The van der Waals surface area contributed by atoms with Gasteiger partial charge in [0.15, 0.2) is 0 Å². The van der Waals surface area contributed by atoms with Crippen LogP contribution < -0.4 is 5.32 Å². The zero-order valence-electron chi connectivity index (χ0n) is 12.2. The highest BCUT2D eigenvalue weighted by Gasteiger charge is 2.23. The Morgan fingerprint density at radius 1 is 1.29 bits per heavy atom. The molecular weight excluding hydrogens is 401 g/mol. The molecule has 0 bridgehead atoms. The van der Waals surface area contributed by atoms with Gasteiger partial charge in [0.05, 0.1) is 26.9 Å². The zero-order valence-corrected chi connectivity index (χ0v) is 15.4. The molecular formula is C15H18Br2FN3. The fourth-order valence-corrected chi connectivity index (χ4v) is 3.05. The summed E-state index contributed by atoms with van der Waals surface area (Å²) in [5.74, 6) is -0.262. The lowest BCUT2D eigenvalue weighted by Crippen LogP contribution is -2.26. The van der Waals surface area contributed by atoms with Crippen LogP contribution in [-0.4, -0.2) is 16.3 Å². The molecule has 1 N–H and O–H groups in total. The third-order valence-corrected chi connectivity index (χ3v) is 4.49. The van der Waals surface area contributed by atoms with E-state index in [0.717, 1.165) is 22.3 Å². The maximum absolute atomic E-state index is 13.9. The van der Waals surface area contributed by atoms with E-state index in [4.69, 9.17) is 0 Å². The molecule has 0 aliphatic heterocycles. The van der Waals surface area contributed by atoms with Crippen LogP contribution in [0.2, 0.25) is 0 Å². The molecule has 1 aromatic heterocycles. The SMILES string of the molecule is CCNC(c1ccc(Br)c(F)c1)c1c(Br)cnn1C(C)C. The molecule has 0 saturated carbocycles. The van der Waals surface area contributed by atoms with Gasteiger partial charge in [-0.1, -0.05) is 13.0 Å². The minimum Gasteiger partial charge on any atom is -0.305 e. The van der Waals surface area contributed by atoms with Gasteiger partial charge in [-0.05, 0) is 69.9 Å². The lowest BCUT2D eigenvalue weighted by molar-refractivity contribution is 0.474. The van der Waals surface area contributed by atoms with Crippen LogP contribution in [0.5, 0.6) is 0 Å². The molecule has 3 nitrogen and oxygen atoms in total. The number of hydrogen-bond donors (Lipinski definition) is 1. The van der Waals surface area contributed by atoms with Crippen molar-refractivity contribution in [2.24, 2.45) is 0 Å². The van der Waals surface area contributed by atoms with E-state index in [9.17, 15) is 4.39 Å². The molecule has 2 rings (SSSR count). The quantitative estimate of drug-likeness (QED) is 0.753. The monoisotopic (exact) mass is 417 g/mol. The minimum absolute atomic E-state index is 0.114. The lowest BCUT2D eigenvalue weighted by atomic mass is 10.0. The first-order valence-electron chi connectivity index (χ1n) is 6.87. The second-order valence-electron chi connectivity index (χ2n) is 5.08. The van der Waals surface area contributed by atoms with E-state index in [0.29, 0.717) is 4.47 Å². The van der Waals surface area contributed by atoms with Crippen molar-refractivity contribution in [2.45, 2.75) is 32.9 Å². The van der Waals surface area contributed by atoms with Gasteiger partial charge < -0.3 is 5.32 Å². The molecule has 0 saturated heterocycles. The van der Waals surface area contributed by atoms with Crippen LogP contribution >= 0.6 is 31.9 Å². The molecule has 21 heavy (non-hydrogen) atoms. The Morgan fingerprint density at radius 2 is 2.00 bits per heavy atom. The number of rotatable bonds is 5. The highest BCUT2D eigenvalue weighted by atomic mass is 79.9. The van der Waals surface area contributed by atoms with E-state index >= 15 is 0 Å². The summed E-state index contributed by atoms with van der Waals surface area (Å²) in [6.07, 6.45) is 1.79. The Balaban J connectivity index is 2.53. The van der Waals surface area contributed by atoms with Gasteiger partial charge in [0.2, 0.25) is 0 Å². The number of nitrogens with zero attached hydrogens (tertiary/aromatic N) is 2. The van der Waals surface area contributed by atoms with Gasteiger partial charge in [-0.25, -0.2) is 4.39 Å². The first-order chi connectivity index (χ1) is 9.95. The van der Waals surface area contributed by atoms with Crippen molar-refractivity contribution in [1.82, 2.24) is 15.1 Å². The molecule has 0 radical (unpaired) electrons. The van der Waals surface area contributed by atoms with Crippen LogP contribution in [0.1, 0.15) is 44.1 Å². The minimum atomic E-state index is -0.262. The van der Waals surface area contributed by atoms with Gasteiger partial charge in [-0.2, -0.15) is 5.10 Å². The van der Waals surface area contributed by atoms with E-state index in [-0.39, 0.29) is 17.9 Å². The van der Waals surface area contributed by atoms with Crippen molar-refractivity contribution in [3.05, 3.63) is 50.4 Å². The van der Waals surface area contributed by atoms with E-state index in [1.807, 2.05) is 17.7 Å². The van der Waals surface area contributed by atoms with E-state index in [1.54, 1.807) is 18.3 Å². The fraction of sp³-hybridized carbons (Fsp3) is 0.400. The van der Waals surface area contributed by atoms with Gasteiger partial charge in [0.25, 0.3) is 0 Å². The van der Waals surface area contributed by atoms with Gasteiger partial charge in [0.1, 0.15) is 5.82 Å². The van der Waals surface area contributed by atoms with Gasteiger partial charge in [-0.15, -0.1) is 0 Å². The third-order valence-electron chi connectivity index (χ3n) is 3.23. The van der Waals surface area contributed by atoms with E-state index in [2.05, 4.69) is 56.1 Å². The second-order valence-corrected chi connectivity index (χ2v) is 6.79. The van der Waals surface area contributed by atoms with Crippen LogP contribution in [0.15, 0.2) is 33.3 Å². The van der Waals surface area contributed by atoms with Gasteiger partial charge in [-0.3, -0.25) is 4.68 Å². The van der Waals surface area contributed by atoms with Crippen LogP contribution in [-0.2, 0) is 0 Å². The van der Waals surface area contributed by atoms with Crippen LogP contribution in [0.3, 0.4) is 0 Å². The Morgan fingerprint density at radius 3 is 2.57 bits per heavy atom. The fourth-order valence-electron chi connectivity index (χ4n) is 2.30. The average molecular weight is 419 g/mol. The normalized spacial score (nSPS) is 12.9. The number of aromatic nitrogens is 2. The van der Waals surface area contributed by atoms with Crippen molar-refractivity contribution in [3.8, 4) is 0 Å². The average Bonchev–Trinajstić information content (AvgIpc) is 2.81. The molecule has 0 spiro atoms. The Hall–Kier alpha value is -0.720. The number of hydrogen-bond acceptors (Lipinski definition) is 2. The molecule has 1 aromatic carbocycles. The Bertz CT molecular complexity index is 625. The standard InChI is InChI=1S/C15H18Br2FN3/c1-4-19-14(10-5-6-11(16)13(18)7-10)15-12(17)8-20-21(15)9(2)3/h5-9,14,19H,4H2,1-3H3. The van der Waals surface area contributed by atoms with Crippen molar-refractivity contribution >= 4 is 31.9 Å². The number of halogens is 3. The molecule has 2 aromatic rings. The maximum Gasteiger partial charge on any atom is 0.137 e. The molecule has 0 aliphatic rings. The van der Waals surface area contributed by atoms with Crippen molar-refractivity contribution in [1.29, 1.82) is 0 Å². The largest absolute Gasteiger partial charge is 0.305 e. The predicted octanol–water partition coefficient (Wildman–Crippen LogP) is 4.83. The van der Waals surface area contributed by atoms with Gasteiger partial charge >= 0.3 is 0 Å². The molecule has 1 heterocycles. The van der Waals surface area contributed by atoms with Crippen LogP contribution in [0, 0.1) is 5.82 Å². The van der Waals surface area contributed by atoms with E-state index < -0.39 is 0 Å².